The van der Waals surface area contributed by atoms with Gasteiger partial charge < -0.3 is 15.1 Å². The highest BCUT2D eigenvalue weighted by molar-refractivity contribution is 5.92. The van der Waals surface area contributed by atoms with Crippen molar-refractivity contribution >= 4 is 11.6 Å². The summed E-state index contributed by atoms with van der Waals surface area (Å²) in [5, 5.41) is 2.88. The van der Waals surface area contributed by atoms with Crippen LogP contribution in [0.15, 0.2) is 42.7 Å². The van der Waals surface area contributed by atoms with Gasteiger partial charge in [0, 0.05) is 24.1 Å². The minimum Gasteiger partial charge on any atom is -0.356 e. The van der Waals surface area contributed by atoms with Gasteiger partial charge >= 0.3 is 0 Å². The van der Waals surface area contributed by atoms with Gasteiger partial charge in [0.25, 0.3) is 0 Å². The smallest absolute Gasteiger partial charge is 0.243 e. The van der Waals surface area contributed by atoms with Crippen molar-refractivity contribution in [2.24, 2.45) is 0 Å². The molecule has 1 aliphatic rings. The molecule has 0 aromatic heterocycles. The van der Waals surface area contributed by atoms with Crippen LogP contribution in [0.4, 0.5) is 5.69 Å². The number of carbonyl (C=O) groups excluding carboxylic acids is 1. The predicted octanol–water partition coefficient (Wildman–Crippen LogP) is 2.08. The molecule has 4 heteroatoms. The van der Waals surface area contributed by atoms with Gasteiger partial charge in [0.05, 0.1) is 13.2 Å². The second-order valence-electron chi connectivity index (χ2n) is 4.71. The monoisotopic (exact) mass is 245 g/mol. The molecular weight excluding hydrogens is 226 g/mol. The van der Waals surface area contributed by atoms with Gasteiger partial charge in [-0.25, -0.2) is 0 Å². The van der Waals surface area contributed by atoms with E-state index in [1.165, 1.54) is 0 Å². The lowest BCUT2D eigenvalue weighted by molar-refractivity contribution is -0.116. The molecule has 0 atom stereocenters. The van der Waals surface area contributed by atoms with Crippen LogP contribution in [-0.2, 0) is 4.79 Å². The van der Waals surface area contributed by atoms with Crippen LogP contribution in [0.3, 0.4) is 0 Å². The lowest BCUT2D eigenvalue weighted by Crippen LogP contribution is -2.34. The SMILES string of the molecule is CC(C)N1C=CN(CC(=O)Nc2ccccc2)C1. The van der Waals surface area contributed by atoms with Crippen LogP contribution >= 0.6 is 0 Å². The Labute approximate surface area is 108 Å². The first-order chi connectivity index (χ1) is 8.65. The highest BCUT2D eigenvalue weighted by atomic mass is 16.2. The summed E-state index contributed by atoms with van der Waals surface area (Å²) in [6.45, 7) is 5.43. The molecule has 0 bridgehead atoms. The molecule has 0 aliphatic carbocycles. The minimum absolute atomic E-state index is 0.0106. The standard InChI is InChI=1S/C14H19N3O/c1-12(2)17-9-8-16(11-17)10-14(18)15-13-6-4-3-5-7-13/h3-9,12H,10-11H2,1-2H3,(H,15,18). The van der Waals surface area contributed by atoms with Crippen LogP contribution in [-0.4, -0.2) is 35.0 Å². The quantitative estimate of drug-likeness (QED) is 0.882. The van der Waals surface area contributed by atoms with E-state index in [2.05, 4.69) is 24.1 Å². The Morgan fingerprint density at radius 2 is 2.00 bits per heavy atom. The molecule has 0 saturated carbocycles. The van der Waals surface area contributed by atoms with Crippen molar-refractivity contribution in [2.45, 2.75) is 19.9 Å². The fraction of sp³-hybridized carbons (Fsp3) is 0.357. The topological polar surface area (TPSA) is 35.6 Å². The minimum atomic E-state index is 0.0106. The molecule has 1 aromatic rings. The van der Waals surface area contributed by atoms with Crippen LogP contribution < -0.4 is 5.32 Å². The lowest BCUT2D eigenvalue weighted by atomic mass is 10.3. The van der Waals surface area contributed by atoms with E-state index >= 15 is 0 Å². The number of para-hydroxylation sites is 1. The second kappa shape index (κ2) is 5.58. The summed E-state index contributed by atoms with van der Waals surface area (Å²) in [5.74, 6) is 0.0106. The number of hydrogen-bond acceptors (Lipinski definition) is 3. The summed E-state index contributed by atoms with van der Waals surface area (Å²) < 4.78 is 0. The number of anilines is 1. The Morgan fingerprint density at radius 1 is 1.28 bits per heavy atom. The number of nitrogens with zero attached hydrogens (tertiary/aromatic N) is 2. The number of rotatable bonds is 4. The van der Waals surface area contributed by atoms with Crippen LogP contribution in [0.25, 0.3) is 0 Å². The van der Waals surface area contributed by atoms with E-state index in [-0.39, 0.29) is 5.91 Å². The Morgan fingerprint density at radius 3 is 2.61 bits per heavy atom. The summed E-state index contributed by atoms with van der Waals surface area (Å²) in [7, 11) is 0. The molecule has 0 unspecified atom stereocenters. The van der Waals surface area contributed by atoms with E-state index in [9.17, 15) is 4.79 Å². The molecule has 1 heterocycles. The summed E-state index contributed by atoms with van der Waals surface area (Å²) in [6, 6.07) is 9.98. The van der Waals surface area contributed by atoms with Gasteiger partial charge in [0.2, 0.25) is 5.91 Å². The number of nitrogens with one attached hydrogen (secondary N) is 1. The molecule has 18 heavy (non-hydrogen) atoms. The van der Waals surface area contributed by atoms with Crippen molar-refractivity contribution in [3.05, 3.63) is 42.7 Å². The largest absolute Gasteiger partial charge is 0.356 e. The second-order valence-corrected chi connectivity index (χ2v) is 4.71. The Hall–Kier alpha value is -1.97. The molecule has 0 saturated heterocycles. The molecule has 1 N–H and O–H groups in total. The Kier molecular flexibility index (Phi) is 3.87. The van der Waals surface area contributed by atoms with Crippen molar-refractivity contribution in [2.75, 3.05) is 18.5 Å². The summed E-state index contributed by atoms with van der Waals surface area (Å²) in [5.41, 5.74) is 0.839. The third kappa shape index (κ3) is 3.26. The van der Waals surface area contributed by atoms with Gasteiger partial charge in [0.15, 0.2) is 0 Å². The zero-order valence-corrected chi connectivity index (χ0v) is 10.8. The van der Waals surface area contributed by atoms with Gasteiger partial charge in [-0.05, 0) is 26.0 Å². The van der Waals surface area contributed by atoms with E-state index in [1.807, 2.05) is 47.6 Å². The van der Waals surface area contributed by atoms with Gasteiger partial charge in [-0.15, -0.1) is 0 Å². The first-order valence-corrected chi connectivity index (χ1v) is 6.18. The summed E-state index contributed by atoms with van der Waals surface area (Å²) >= 11 is 0. The molecule has 96 valence electrons. The van der Waals surface area contributed by atoms with Crippen LogP contribution in [0.2, 0.25) is 0 Å². The zero-order valence-electron chi connectivity index (χ0n) is 10.8. The third-order valence-electron chi connectivity index (χ3n) is 2.88. The number of hydrogen-bond donors (Lipinski definition) is 1. The van der Waals surface area contributed by atoms with Crippen molar-refractivity contribution in [3.63, 3.8) is 0 Å². The van der Waals surface area contributed by atoms with Gasteiger partial charge in [-0.2, -0.15) is 0 Å². The Balaban J connectivity index is 1.81. The molecular formula is C14H19N3O. The number of benzene rings is 1. The highest BCUT2D eigenvalue weighted by Crippen LogP contribution is 2.10. The van der Waals surface area contributed by atoms with E-state index in [1.54, 1.807) is 0 Å². The molecule has 0 radical (unpaired) electrons. The van der Waals surface area contributed by atoms with Crippen molar-refractivity contribution < 1.29 is 4.79 Å². The average molecular weight is 245 g/mol. The lowest BCUT2D eigenvalue weighted by Gasteiger charge is -2.23. The third-order valence-corrected chi connectivity index (χ3v) is 2.88. The molecule has 2 rings (SSSR count). The van der Waals surface area contributed by atoms with Crippen molar-refractivity contribution in [1.82, 2.24) is 9.80 Å². The van der Waals surface area contributed by atoms with Gasteiger partial charge in [-0.1, -0.05) is 18.2 Å². The first kappa shape index (κ1) is 12.5. The van der Waals surface area contributed by atoms with E-state index < -0.39 is 0 Å². The number of amides is 1. The molecule has 1 amide bonds. The average Bonchev–Trinajstić information content (AvgIpc) is 2.78. The zero-order chi connectivity index (χ0) is 13.0. The van der Waals surface area contributed by atoms with E-state index in [4.69, 9.17) is 0 Å². The van der Waals surface area contributed by atoms with Crippen molar-refractivity contribution in [1.29, 1.82) is 0 Å². The number of carbonyl (C=O) groups is 1. The van der Waals surface area contributed by atoms with Crippen LogP contribution in [0.5, 0.6) is 0 Å². The maximum Gasteiger partial charge on any atom is 0.243 e. The molecule has 4 nitrogen and oxygen atoms in total. The molecule has 0 spiro atoms. The van der Waals surface area contributed by atoms with Crippen LogP contribution in [0.1, 0.15) is 13.8 Å². The maximum atomic E-state index is 11.8. The van der Waals surface area contributed by atoms with Crippen LogP contribution in [0, 0.1) is 0 Å². The van der Waals surface area contributed by atoms with Gasteiger partial charge in [0.1, 0.15) is 0 Å². The van der Waals surface area contributed by atoms with Crippen molar-refractivity contribution in [3.8, 4) is 0 Å². The molecule has 1 aromatic carbocycles. The molecule has 0 fully saturated rings. The summed E-state index contributed by atoms with van der Waals surface area (Å²) in [6.07, 6.45) is 3.99. The normalized spacial score (nSPS) is 14.4. The molecule has 1 aliphatic heterocycles. The fourth-order valence-corrected chi connectivity index (χ4v) is 1.83. The van der Waals surface area contributed by atoms with Gasteiger partial charge in [-0.3, -0.25) is 4.79 Å². The first-order valence-electron chi connectivity index (χ1n) is 6.18. The fourth-order valence-electron chi connectivity index (χ4n) is 1.83. The van der Waals surface area contributed by atoms with E-state index in [0.717, 1.165) is 12.4 Å². The highest BCUT2D eigenvalue weighted by Gasteiger charge is 2.16. The van der Waals surface area contributed by atoms with E-state index in [0.29, 0.717) is 12.6 Å². The maximum absolute atomic E-state index is 11.8. The Bertz CT molecular complexity index is 428. The predicted molar refractivity (Wildman–Crippen MR) is 72.8 cm³/mol. The summed E-state index contributed by atoms with van der Waals surface area (Å²) in [4.78, 5) is 16.0.